The molecule has 0 aliphatic rings. The number of ether oxygens (including phenoxy) is 1. The van der Waals surface area contributed by atoms with E-state index < -0.39 is 0 Å². The van der Waals surface area contributed by atoms with E-state index in [4.69, 9.17) is 26.0 Å². The Morgan fingerprint density at radius 1 is 1.43 bits per heavy atom. The van der Waals surface area contributed by atoms with Crippen LogP contribution in [0.4, 0.5) is 0 Å². The van der Waals surface area contributed by atoms with Gasteiger partial charge in [0, 0.05) is 11.6 Å². The van der Waals surface area contributed by atoms with Crippen molar-refractivity contribution >= 4 is 17.5 Å². The largest absolute Gasteiger partial charge is 0.484 e. The number of amides is 1. The summed E-state index contributed by atoms with van der Waals surface area (Å²) in [5.74, 6) is 1.04. The highest BCUT2D eigenvalue weighted by molar-refractivity contribution is 6.31. The standard InChI is InChI=1S/C17H17ClN2O3/c1-13-10-14(5-6-16(13)18)23-12-17(21)20(8-3-7-19)11-15-4-2-9-22-15/h2,4-6,9-10H,3,8,11-12H2,1H3. The maximum absolute atomic E-state index is 12.3. The van der Waals surface area contributed by atoms with Crippen molar-refractivity contribution in [1.29, 1.82) is 5.26 Å². The summed E-state index contributed by atoms with van der Waals surface area (Å²) in [7, 11) is 0. The maximum atomic E-state index is 12.3. The number of aryl methyl sites for hydroxylation is 1. The van der Waals surface area contributed by atoms with Crippen molar-refractivity contribution in [2.45, 2.75) is 19.9 Å². The van der Waals surface area contributed by atoms with Gasteiger partial charge in [0.05, 0.1) is 25.3 Å². The molecule has 0 spiro atoms. The summed E-state index contributed by atoms with van der Waals surface area (Å²) < 4.78 is 10.8. The molecule has 0 radical (unpaired) electrons. The van der Waals surface area contributed by atoms with Gasteiger partial charge in [0.2, 0.25) is 0 Å². The zero-order chi connectivity index (χ0) is 16.7. The van der Waals surface area contributed by atoms with Gasteiger partial charge < -0.3 is 14.1 Å². The van der Waals surface area contributed by atoms with Gasteiger partial charge in [0.15, 0.2) is 6.61 Å². The number of nitrogens with zero attached hydrogens (tertiary/aromatic N) is 2. The molecule has 0 saturated heterocycles. The first kappa shape index (κ1) is 16.9. The molecular weight excluding hydrogens is 316 g/mol. The van der Waals surface area contributed by atoms with Crippen LogP contribution in [-0.2, 0) is 11.3 Å². The molecule has 23 heavy (non-hydrogen) atoms. The van der Waals surface area contributed by atoms with Crippen LogP contribution in [0.1, 0.15) is 17.7 Å². The van der Waals surface area contributed by atoms with Crippen LogP contribution in [-0.4, -0.2) is 24.0 Å². The van der Waals surface area contributed by atoms with E-state index in [9.17, 15) is 4.79 Å². The molecule has 0 aliphatic carbocycles. The van der Waals surface area contributed by atoms with E-state index >= 15 is 0 Å². The Kier molecular flexibility index (Phi) is 6.07. The Morgan fingerprint density at radius 2 is 2.26 bits per heavy atom. The molecule has 1 aromatic carbocycles. The minimum Gasteiger partial charge on any atom is -0.484 e. The van der Waals surface area contributed by atoms with Gasteiger partial charge in [0.25, 0.3) is 5.91 Å². The average molecular weight is 333 g/mol. The summed E-state index contributed by atoms with van der Waals surface area (Å²) in [6, 6.07) is 10.8. The fraction of sp³-hybridized carbons (Fsp3) is 0.294. The molecule has 1 aromatic heterocycles. The summed E-state index contributed by atoms with van der Waals surface area (Å²) in [6.45, 7) is 2.41. The van der Waals surface area contributed by atoms with Crippen molar-refractivity contribution in [3.05, 3.63) is 52.9 Å². The molecule has 6 heteroatoms. The molecular formula is C17H17ClN2O3. The van der Waals surface area contributed by atoms with Crippen molar-refractivity contribution < 1.29 is 13.9 Å². The molecule has 0 saturated carbocycles. The Morgan fingerprint density at radius 3 is 2.91 bits per heavy atom. The summed E-state index contributed by atoms with van der Waals surface area (Å²) in [4.78, 5) is 13.9. The summed E-state index contributed by atoms with van der Waals surface area (Å²) in [5, 5.41) is 9.38. The molecule has 0 bridgehead atoms. The number of carbonyl (C=O) groups excluding carboxylic acids is 1. The van der Waals surface area contributed by atoms with Gasteiger partial charge in [-0.3, -0.25) is 4.79 Å². The molecule has 120 valence electrons. The van der Waals surface area contributed by atoms with Crippen LogP contribution in [0.5, 0.6) is 5.75 Å². The van der Waals surface area contributed by atoms with Crippen LogP contribution >= 0.6 is 11.6 Å². The van der Waals surface area contributed by atoms with E-state index in [1.54, 1.807) is 41.5 Å². The highest BCUT2D eigenvalue weighted by atomic mass is 35.5. The minimum atomic E-state index is -0.204. The van der Waals surface area contributed by atoms with E-state index in [1.165, 1.54) is 0 Å². The van der Waals surface area contributed by atoms with E-state index in [1.807, 2.05) is 13.0 Å². The number of benzene rings is 1. The molecule has 0 N–H and O–H groups in total. The molecule has 5 nitrogen and oxygen atoms in total. The molecule has 0 unspecified atom stereocenters. The second-order valence-electron chi connectivity index (χ2n) is 5.00. The first-order valence-corrected chi connectivity index (χ1v) is 7.54. The zero-order valence-electron chi connectivity index (χ0n) is 12.8. The first-order valence-electron chi connectivity index (χ1n) is 7.16. The number of carbonyl (C=O) groups is 1. The van der Waals surface area contributed by atoms with E-state index in [0.29, 0.717) is 29.6 Å². The molecule has 1 amide bonds. The number of hydrogen-bond donors (Lipinski definition) is 0. The maximum Gasteiger partial charge on any atom is 0.260 e. The highest BCUT2D eigenvalue weighted by Crippen LogP contribution is 2.21. The first-order chi connectivity index (χ1) is 11.1. The Hall–Kier alpha value is -2.45. The van der Waals surface area contributed by atoms with Gasteiger partial charge >= 0.3 is 0 Å². The number of furan rings is 1. The quantitative estimate of drug-likeness (QED) is 0.777. The van der Waals surface area contributed by atoms with Crippen molar-refractivity contribution in [1.82, 2.24) is 4.90 Å². The molecule has 0 aliphatic heterocycles. The van der Waals surface area contributed by atoms with E-state index in [2.05, 4.69) is 0 Å². The van der Waals surface area contributed by atoms with Crippen molar-refractivity contribution in [3.63, 3.8) is 0 Å². The number of halogens is 1. The third kappa shape index (κ3) is 5.04. The van der Waals surface area contributed by atoms with Crippen LogP contribution < -0.4 is 4.74 Å². The fourth-order valence-electron chi connectivity index (χ4n) is 2.01. The van der Waals surface area contributed by atoms with Gasteiger partial charge in [0.1, 0.15) is 11.5 Å². The lowest BCUT2D eigenvalue weighted by atomic mass is 10.2. The predicted octanol–water partition coefficient (Wildman–Crippen LogP) is 3.56. The van der Waals surface area contributed by atoms with Gasteiger partial charge in [-0.25, -0.2) is 0 Å². The second-order valence-corrected chi connectivity index (χ2v) is 5.41. The average Bonchev–Trinajstić information content (AvgIpc) is 3.05. The van der Waals surface area contributed by atoms with Gasteiger partial charge in [-0.1, -0.05) is 11.6 Å². The molecule has 2 rings (SSSR count). The zero-order valence-corrected chi connectivity index (χ0v) is 13.5. The molecule has 0 atom stereocenters. The van der Waals surface area contributed by atoms with Gasteiger partial charge in [-0.15, -0.1) is 0 Å². The van der Waals surface area contributed by atoms with Gasteiger partial charge in [-0.05, 0) is 42.8 Å². The van der Waals surface area contributed by atoms with Crippen LogP contribution in [0.15, 0.2) is 41.0 Å². The van der Waals surface area contributed by atoms with Crippen molar-refractivity contribution in [3.8, 4) is 11.8 Å². The minimum absolute atomic E-state index is 0.104. The number of hydrogen-bond acceptors (Lipinski definition) is 4. The van der Waals surface area contributed by atoms with Crippen LogP contribution in [0, 0.1) is 18.3 Å². The van der Waals surface area contributed by atoms with Gasteiger partial charge in [-0.2, -0.15) is 5.26 Å². The Labute approximate surface area is 140 Å². The van der Waals surface area contributed by atoms with Crippen molar-refractivity contribution in [2.75, 3.05) is 13.2 Å². The molecule has 2 aromatic rings. The topological polar surface area (TPSA) is 66.5 Å². The normalized spacial score (nSPS) is 10.1. The third-order valence-corrected chi connectivity index (χ3v) is 3.69. The lowest BCUT2D eigenvalue weighted by Gasteiger charge is -2.20. The van der Waals surface area contributed by atoms with E-state index in [-0.39, 0.29) is 18.9 Å². The molecule has 1 heterocycles. The lowest BCUT2D eigenvalue weighted by Crippen LogP contribution is -2.35. The summed E-state index contributed by atoms with van der Waals surface area (Å²) in [6.07, 6.45) is 1.81. The summed E-state index contributed by atoms with van der Waals surface area (Å²) in [5.41, 5.74) is 0.883. The van der Waals surface area contributed by atoms with Crippen LogP contribution in [0.3, 0.4) is 0 Å². The number of rotatable bonds is 7. The number of nitriles is 1. The Bertz CT molecular complexity index is 692. The summed E-state index contributed by atoms with van der Waals surface area (Å²) >= 11 is 5.96. The monoisotopic (exact) mass is 332 g/mol. The van der Waals surface area contributed by atoms with Crippen LogP contribution in [0.25, 0.3) is 0 Å². The SMILES string of the molecule is Cc1cc(OCC(=O)N(CCC#N)Cc2ccco2)ccc1Cl. The van der Waals surface area contributed by atoms with E-state index in [0.717, 1.165) is 5.56 Å². The smallest absolute Gasteiger partial charge is 0.260 e. The highest BCUT2D eigenvalue weighted by Gasteiger charge is 2.16. The predicted molar refractivity (Wildman–Crippen MR) is 86.0 cm³/mol. The van der Waals surface area contributed by atoms with Crippen LogP contribution in [0.2, 0.25) is 5.02 Å². The Balaban J connectivity index is 1.96. The third-order valence-electron chi connectivity index (χ3n) is 3.26. The van der Waals surface area contributed by atoms with Crippen molar-refractivity contribution in [2.24, 2.45) is 0 Å². The molecule has 0 fully saturated rings. The fourth-order valence-corrected chi connectivity index (χ4v) is 2.13. The second kappa shape index (κ2) is 8.25. The lowest BCUT2D eigenvalue weighted by molar-refractivity contribution is -0.134.